The second-order valence-corrected chi connectivity index (χ2v) is 4.58. The zero-order chi connectivity index (χ0) is 8.55. The van der Waals surface area contributed by atoms with E-state index in [9.17, 15) is 5.11 Å². The fraction of sp³-hybridized carbons (Fsp3) is 1.00. The van der Waals surface area contributed by atoms with Gasteiger partial charge < -0.3 is 10.0 Å². The molecule has 0 radical (unpaired) electrons. The van der Waals surface area contributed by atoms with E-state index in [1.54, 1.807) is 0 Å². The molecule has 70 valence electrons. The fourth-order valence-corrected chi connectivity index (χ4v) is 2.54. The van der Waals surface area contributed by atoms with E-state index < -0.39 is 0 Å². The Labute approximate surface area is 74.6 Å². The second-order valence-electron chi connectivity index (χ2n) is 4.58. The van der Waals surface area contributed by atoms with E-state index in [1.807, 2.05) is 0 Å². The first-order chi connectivity index (χ1) is 5.75. The summed E-state index contributed by atoms with van der Waals surface area (Å²) >= 11 is 0. The van der Waals surface area contributed by atoms with E-state index in [0.717, 1.165) is 18.9 Å². The number of likely N-dealkylation sites (tertiary alicyclic amines) is 1. The molecule has 2 nitrogen and oxygen atoms in total. The van der Waals surface area contributed by atoms with Gasteiger partial charge in [0.25, 0.3) is 0 Å². The molecule has 0 aromatic rings. The Morgan fingerprint density at radius 1 is 1.33 bits per heavy atom. The highest BCUT2D eigenvalue weighted by Crippen LogP contribution is 2.28. The fourth-order valence-electron chi connectivity index (χ4n) is 2.54. The number of aliphatic hydroxyl groups excluding tert-OH is 1. The molecule has 0 aromatic heterocycles. The molecule has 2 fully saturated rings. The lowest BCUT2D eigenvalue weighted by Gasteiger charge is -2.39. The maximum absolute atomic E-state index is 9.60. The van der Waals surface area contributed by atoms with Gasteiger partial charge in [0, 0.05) is 19.6 Å². The van der Waals surface area contributed by atoms with Crippen molar-refractivity contribution in [3.05, 3.63) is 0 Å². The highest BCUT2D eigenvalue weighted by Gasteiger charge is 2.30. The lowest BCUT2D eigenvalue weighted by atomic mass is 9.98. The summed E-state index contributed by atoms with van der Waals surface area (Å²) in [5.41, 5.74) is 0. The molecule has 0 spiro atoms. The summed E-state index contributed by atoms with van der Waals surface area (Å²) in [5, 5.41) is 9.60. The molecule has 1 saturated heterocycles. The summed E-state index contributed by atoms with van der Waals surface area (Å²) < 4.78 is 0. The maximum atomic E-state index is 9.60. The van der Waals surface area contributed by atoms with Gasteiger partial charge in [0.05, 0.1) is 6.10 Å². The summed E-state index contributed by atoms with van der Waals surface area (Å²) in [6, 6.07) is 0. The lowest BCUT2D eigenvalue weighted by molar-refractivity contribution is 0.0517. The molecule has 2 heteroatoms. The van der Waals surface area contributed by atoms with Crippen LogP contribution in [0.4, 0.5) is 0 Å². The average molecular weight is 169 g/mol. The molecule has 1 heterocycles. The summed E-state index contributed by atoms with van der Waals surface area (Å²) in [5.74, 6) is 1.47. The molecule has 2 aliphatic rings. The Balaban J connectivity index is 1.72. The van der Waals surface area contributed by atoms with Gasteiger partial charge in [-0.2, -0.15) is 0 Å². The van der Waals surface area contributed by atoms with E-state index in [1.165, 1.54) is 25.9 Å². The maximum Gasteiger partial charge on any atom is 0.0580 e. The van der Waals surface area contributed by atoms with Crippen LogP contribution in [0.15, 0.2) is 0 Å². The predicted molar refractivity (Wildman–Crippen MR) is 49.0 cm³/mol. The average Bonchev–Trinajstić information content (AvgIpc) is 2.33. The minimum Gasteiger partial charge on any atom is -0.393 e. The van der Waals surface area contributed by atoms with Gasteiger partial charge in [0.2, 0.25) is 0 Å². The van der Waals surface area contributed by atoms with Crippen LogP contribution in [-0.4, -0.2) is 35.7 Å². The minimum atomic E-state index is 0.000839. The third-order valence-electron chi connectivity index (χ3n) is 3.25. The molecule has 1 aliphatic heterocycles. The number of aliphatic hydroxyl groups is 1. The number of nitrogens with zero attached hydrogens (tertiary/aromatic N) is 1. The van der Waals surface area contributed by atoms with Crippen molar-refractivity contribution in [1.29, 1.82) is 0 Å². The summed E-state index contributed by atoms with van der Waals surface area (Å²) in [7, 11) is 0. The Bertz CT molecular complexity index is 154. The SMILES string of the molecule is CC1CN(CC2CCCC2O)C1. The first-order valence-electron chi connectivity index (χ1n) is 5.16. The Kier molecular flexibility index (Phi) is 2.37. The van der Waals surface area contributed by atoms with Crippen molar-refractivity contribution < 1.29 is 5.11 Å². The first kappa shape index (κ1) is 8.52. The van der Waals surface area contributed by atoms with Crippen LogP contribution in [-0.2, 0) is 0 Å². The molecule has 2 rings (SSSR count). The van der Waals surface area contributed by atoms with Crippen molar-refractivity contribution in [2.24, 2.45) is 11.8 Å². The zero-order valence-electron chi connectivity index (χ0n) is 7.87. The zero-order valence-corrected chi connectivity index (χ0v) is 7.87. The Hall–Kier alpha value is -0.0800. The molecule has 1 saturated carbocycles. The van der Waals surface area contributed by atoms with Crippen LogP contribution in [0.5, 0.6) is 0 Å². The van der Waals surface area contributed by atoms with Gasteiger partial charge >= 0.3 is 0 Å². The molecule has 12 heavy (non-hydrogen) atoms. The van der Waals surface area contributed by atoms with Crippen LogP contribution in [0.3, 0.4) is 0 Å². The molecule has 0 aromatic carbocycles. The van der Waals surface area contributed by atoms with Crippen molar-refractivity contribution in [3.63, 3.8) is 0 Å². The van der Waals surface area contributed by atoms with Gasteiger partial charge in [-0.15, -0.1) is 0 Å². The highest BCUT2D eigenvalue weighted by molar-refractivity contribution is 4.84. The van der Waals surface area contributed by atoms with Gasteiger partial charge in [-0.3, -0.25) is 0 Å². The molecular weight excluding hydrogens is 150 g/mol. The van der Waals surface area contributed by atoms with E-state index in [2.05, 4.69) is 11.8 Å². The molecule has 2 unspecified atom stereocenters. The third-order valence-corrected chi connectivity index (χ3v) is 3.25. The van der Waals surface area contributed by atoms with Crippen molar-refractivity contribution in [3.8, 4) is 0 Å². The molecule has 2 atom stereocenters. The Morgan fingerprint density at radius 2 is 2.08 bits per heavy atom. The van der Waals surface area contributed by atoms with Gasteiger partial charge in [-0.05, 0) is 24.7 Å². The van der Waals surface area contributed by atoms with Crippen molar-refractivity contribution in [2.75, 3.05) is 19.6 Å². The Morgan fingerprint density at radius 3 is 2.58 bits per heavy atom. The largest absolute Gasteiger partial charge is 0.393 e. The van der Waals surface area contributed by atoms with Gasteiger partial charge in [0.15, 0.2) is 0 Å². The summed E-state index contributed by atoms with van der Waals surface area (Å²) in [6.07, 6.45) is 3.51. The predicted octanol–water partition coefficient (Wildman–Crippen LogP) is 1.10. The molecule has 1 aliphatic carbocycles. The topological polar surface area (TPSA) is 23.5 Å². The van der Waals surface area contributed by atoms with Crippen LogP contribution in [0, 0.1) is 11.8 Å². The normalized spacial score (nSPS) is 38.5. The van der Waals surface area contributed by atoms with Gasteiger partial charge in [0.1, 0.15) is 0 Å². The van der Waals surface area contributed by atoms with Crippen LogP contribution in [0.1, 0.15) is 26.2 Å². The van der Waals surface area contributed by atoms with Crippen LogP contribution in [0.25, 0.3) is 0 Å². The molecule has 1 N–H and O–H groups in total. The van der Waals surface area contributed by atoms with Crippen LogP contribution < -0.4 is 0 Å². The molecule has 0 bridgehead atoms. The van der Waals surface area contributed by atoms with Gasteiger partial charge in [-0.1, -0.05) is 13.3 Å². The molecular formula is C10H19NO. The van der Waals surface area contributed by atoms with Gasteiger partial charge in [-0.25, -0.2) is 0 Å². The number of hydrogen-bond donors (Lipinski definition) is 1. The third kappa shape index (κ3) is 1.64. The number of rotatable bonds is 2. The monoisotopic (exact) mass is 169 g/mol. The van der Waals surface area contributed by atoms with E-state index in [0.29, 0.717) is 5.92 Å². The van der Waals surface area contributed by atoms with E-state index in [4.69, 9.17) is 0 Å². The van der Waals surface area contributed by atoms with E-state index >= 15 is 0 Å². The standard InChI is InChI=1S/C10H19NO/c1-8-5-11(6-8)7-9-3-2-4-10(9)12/h8-10,12H,2-7H2,1H3. The lowest BCUT2D eigenvalue weighted by Crippen LogP contribution is -2.48. The van der Waals surface area contributed by atoms with Crippen LogP contribution >= 0.6 is 0 Å². The molecule has 0 amide bonds. The van der Waals surface area contributed by atoms with Crippen LogP contribution in [0.2, 0.25) is 0 Å². The summed E-state index contributed by atoms with van der Waals surface area (Å²) in [4.78, 5) is 2.48. The summed E-state index contributed by atoms with van der Waals surface area (Å²) in [6.45, 7) is 5.94. The smallest absolute Gasteiger partial charge is 0.0580 e. The minimum absolute atomic E-state index is 0.000839. The van der Waals surface area contributed by atoms with Crippen molar-refractivity contribution in [1.82, 2.24) is 4.90 Å². The van der Waals surface area contributed by atoms with Crippen molar-refractivity contribution >= 4 is 0 Å². The quantitative estimate of drug-likeness (QED) is 0.669. The van der Waals surface area contributed by atoms with E-state index in [-0.39, 0.29) is 6.10 Å². The first-order valence-corrected chi connectivity index (χ1v) is 5.16. The van der Waals surface area contributed by atoms with Crippen molar-refractivity contribution in [2.45, 2.75) is 32.3 Å². The number of hydrogen-bond acceptors (Lipinski definition) is 2. The second kappa shape index (κ2) is 3.35. The highest BCUT2D eigenvalue weighted by atomic mass is 16.3.